The van der Waals surface area contributed by atoms with Gasteiger partial charge in [-0.3, -0.25) is 10.9 Å². The molecular weight excluding hydrogens is 262 g/mol. The van der Waals surface area contributed by atoms with Gasteiger partial charge in [-0.25, -0.2) is 0 Å². The zero-order chi connectivity index (χ0) is 14.5. The molecule has 3 rings (SSSR count). The fraction of sp³-hybridized carbons (Fsp3) is 0.647. The lowest BCUT2D eigenvalue weighted by molar-refractivity contribution is -0.0279. The molecule has 2 saturated heterocycles. The Kier molecular flexibility index (Phi) is 5.25. The highest BCUT2D eigenvalue weighted by molar-refractivity contribution is 5.18. The van der Waals surface area contributed by atoms with Crippen LogP contribution in [0.25, 0.3) is 0 Å². The second-order valence-corrected chi connectivity index (χ2v) is 6.34. The summed E-state index contributed by atoms with van der Waals surface area (Å²) in [4.78, 5) is 0. The van der Waals surface area contributed by atoms with Gasteiger partial charge in [0, 0.05) is 44.1 Å². The topological polar surface area (TPSA) is 45.3 Å². The Hall–Kier alpha value is -0.940. The van der Waals surface area contributed by atoms with Gasteiger partial charge in [0.15, 0.2) is 0 Å². The Labute approximate surface area is 127 Å². The molecule has 0 bridgehead atoms. The van der Waals surface area contributed by atoms with Gasteiger partial charge in [0.1, 0.15) is 0 Å². The van der Waals surface area contributed by atoms with Crippen LogP contribution in [-0.2, 0) is 4.74 Å². The number of ether oxygens (including phenoxy) is 1. The van der Waals surface area contributed by atoms with E-state index in [2.05, 4.69) is 53.4 Å². The third-order valence-corrected chi connectivity index (χ3v) is 4.79. The first kappa shape index (κ1) is 15.0. The Bertz CT molecular complexity index is 425. The lowest BCUT2D eigenvalue weighted by Crippen LogP contribution is -2.37. The molecule has 4 heteroatoms. The molecule has 2 fully saturated rings. The first-order valence-corrected chi connectivity index (χ1v) is 8.20. The Morgan fingerprint density at radius 2 is 2.00 bits per heavy atom. The summed E-state index contributed by atoms with van der Waals surface area (Å²) in [6, 6.07) is 11.2. The number of hydrogen-bond acceptors (Lipinski definition) is 4. The van der Waals surface area contributed by atoms with Gasteiger partial charge in [0.05, 0.1) is 6.10 Å². The second kappa shape index (κ2) is 7.36. The summed E-state index contributed by atoms with van der Waals surface area (Å²) in [6.45, 7) is 6.30. The van der Waals surface area contributed by atoms with E-state index in [9.17, 15) is 0 Å². The molecule has 4 nitrogen and oxygen atoms in total. The number of rotatable bonds is 5. The van der Waals surface area contributed by atoms with Crippen molar-refractivity contribution in [1.29, 1.82) is 0 Å². The molecule has 4 atom stereocenters. The van der Waals surface area contributed by atoms with Crippen molar-refractivity contribution in [3.05, 3.63) is 35.9 Å². The number of hydrogen-bond donors (Lipinski definition) is 3. The first-order valence-electron chi connectivity index (χ1n) is 8.20. The van der Waals surface area contributed by atoms with Gasteiger partial charge in [0.25, 0.3) is 0 Å². The minimum atomic E-state index is 0.254. The Morgan fingerprint density at radius 1 is 1.19 bits per heavy atom. The maximum absolute atomic E-state index is 6.06. The highest BCUT2D eigenvalue weighted by Gasteiger charge is 2.28. The average molecular weight is 289 g/mol. The van der Waals surface area contributed by atoms with E-state index in [0.717, 1.165) is 26.2 Å². The van der Waals surface area contributed by atoms with Crippen molar-refractivity contribution in [1.82, 2.24) is 16.2 Å². The van der Waals surface area contributed by atoms with E-state index in [-0.39, 0.29) is 6.10 Å². The van der Waals surface area contributed by atoms with Crippen molar-refractivity contribution in [3.8, 4) is 0 Å². The minimum absolute atomic E-state index is 0.254. The van der Waals surface area contributed by atoms with E-state index in [1.165, 1.54) is 18.4 Å². The van der Waals surface area contributed by atoms with E-state index in [1.54, 1.807) is 0 Å². The standard InChI is InChI=1S/C17H27N3O/c1-13-16(12-19-20-13)11-18-10-15-8-5-9-21-17(15)14-6-3-2-4-7-14/h2-4,6-7,13,15-20H,5,8-12H2,1H3. The fourth-order valence-corrected chi connectivity index (χ4v) is 3.41. The van der Waals surface area contributed by atoms with Gasteiger partial charge in [-0.1, -0.05) is 30.3 Å². The quantitative estimate of drug-likeness (QED) is 0.774. The largest absolute Gasteiger partial charge is 0.373 e. The molecule has 2 aliphatic heterocycles. The van der Waals surface area contributed by atoms with Crippen LogP contribution in [0, 0.1) is 11.8 Å². The molecule has 1 aromatic rings. The highest BCUT2D eigenvalue weighted by atomic mass is 16.5. The van der Waals surface area contributed by atoms with E-state index < -0.39 is 0 Å². The van der Waals surface area contributed by atoms with Gasteiger partial charge in [0.2, 0.25) is 0 Å². The van der Waals surface area contributed by atoms with E-state index in [4.69, 9.17) is 4.74 Å². The van der Waals surface area contributed by atoms with Crippen molar-refractivity contribution in [2.75, 3.05) is 26.2 Å². The number of benzene rings is 1. The maximum atomic E-state index is 6.06. The van der Waals surface area contributed by atoms with Crippen LogP contribution in [0.5, 0.6) is 0 Å². The molecule has 0 amide bonds. The molecule has 2 aliphatic rings. The van der Waals surface area contributed by atoms with Crippen molar-refractivity contribution < 1.29 is 4.74 Å². The molecule has 0 radical (unpaired) electrons. The summed E-state index contributed by atoms with van der Waals surface area (Å²) >= 11 is 0. The summed E-state index contributed by atoms with van der Waals surface area (Å²) < 4.78 is 6.06. The minimum Gasteiger partial charge on any atom is -0.373 e. The fourth-order valence-electron chi connectivity index (χ4n) is 3.41. The predicted molar refractivity (Wildman–Crippen MR) is 84.8 cm³/mol. The molecule has 0 saturated carbocycles. The molecule has 3 N–H and O–H groups in total. The summed E-state index contributed by atoms with van der Waals surface area (Å²) in [7, 11) is 0. The molecule has 116 valence electrons. The van der Waals surface area contributed by atoms with Crippen LogP contribution in [0.4, 0.5) is 0 Å². The highest BCUT2D eigenvalue weighted by Crippen LogP contribution is 2.33. The zero-order valence-electron chi connectivity index (χ0n) is 12.8. The SMILES string of the molecule is CC1NNCC1CNCC1CCCOC1c1ccccc1. The molecule has 1 aromatic carbocycles. The predicted octanol–water partition coefficient (Wildman–Crippen LogP) is 1.86. The number of hydrazine groups is 1. The third-order valence-electron chi connectivity index (χ3n) is 4.79. The summed E-state index contributed by atoms with van der Waals surface area (Å²) in [6.07, 6.45) is 2.69. The first-order chi connectivity index (χ1) is 10.3. The summed E-state index contributed by atoms with van der Waals surface area (Å²) in [5.41, 5.74) is 7.83. The van der Waals surface area contributed by atoms with Crippen LogP contribution in [0.2, 0.25) is 0 Å². The van der Waals surface area contributed by atoms with Gasteiger partial charge < -0.3 is 10.1 Å². The Morgan fingerprint density at radius 3 is 2.76 bits per heavy atom. The molecule has 21 heavy (non-hydrogen) atoms. The third kappa shape index (κ3) is 3.83. The lowest BCUT2D eigenvalue weighted by Gasteiger charge is -2.32. The monoisotopic (exact) mass is 289 g/mol. The van der Waals surface area contributed by atoms with Crippen LogP contribution in [-0.4, -0.2) is 32.3 Å². The lowest BCUT2D eigenvalue weighted by atomic mass is 9.89. The van der Waals surface area contributed by atoms with Crippen molar-refractivity contribution >= 4 is 0 Å². The van der Waals surface area contributed by atoms with Crippen LogP contribution in [0.15, 0.2) is 30.3 Å². The molecule has 0 aromatic heterocycles. The normalized spacial score (nSPS) is 33.2. The number of nitrogens with one attached hydrogen (secondary N) is 3. The molecule has 2 heterocycles. The average Bonchev–Trinajstić information content (AvgIpc) is 2.94. The van der Waals surface area contributed by atoms with Crippen LogP contribution in [0.3, 0.4) is 0 Å². The van der Waals surface area contributed by atoms with E-state index in [0.29, 0.717) is 17.9 Å². The second-order valence-electron chi connectivity index (χ2n) is 6.34. The van der Waals surface area contributed by atoms with Gasteiger partial charge in [-0.15, -0.1) is 0 Å². The molecular formula is C17H27N3O. The summed E-state index contributed by atoms with van der Waals surface area (Å²) in [5.74, 6) is 1.25. The maximum Gasteiger partial charge on any atom is 0.0865 e. The van der Waals surface area contributed by atoms with E-state index in [1.807, 2.05) is 0 Å². The summed E-state index contributed by atoms with van der Waals surface area (Å²) in [5, 5.41) is 3.67. The van der Waals surface area contributed by atoms with Gasteiger partial charge in [-0.2, -0.15) is 0 Å². The van der Waals surface area contributed by atoms with Gasteiger partial charge in [-0.05, 0) is 25.3 Å². The molecule has 4 unspecified atom stereocenters. The van der Waals surface area contributed by atoms with Crippen molar-refractivity contribution in [3.63, 3.8) is 0 Å². The van der Waals surface area contributed by atoms with Crippen molar-refractivity contribution in [2.45, 2.75) is 31.9 Å². The van der Waals surface area contributed by atoms with Crippen LogP contribution < -0.4 is 16.2 Å². The molecule has 0 spiro atoms. The smallest absolute Gasteiger partial charge is 0.0865 e. The molecule has 0 aliphatic carbocycles. The van der Waals surface area contributed by atoms with E-state index >= 15 is 0 Å². The van der Waals surface area contributed by atoms with Crippen LogP contribution in [0.1, 0.15) is 31.4 Å². The van der Waals surface area contributed by atoms with Crippen LogP contribution >= 0.6 is 0 Å². The van der Waals surface area contributed by atoms with Gasteiger partial charge >= 0.3 is 0 Å². The zero-order valence-corrected chi connectivity index (χ0v) is 12.8. The van der Waals surface area contributed by atoms with Crippen molar-refractivity contribution in [2.24, 2.45) is 11.8 Å². The Balaban J connectivity index is 1.52.